The molecule has 0 aliphatic heterocycles. The number of nitrogens with zero attached hydrogens (tertiary/aromatic N) is 2. The van der Waals surface area contributed by atoms with Gasteiger partial charge in [-0.25, -0.2) is 0 Å². The first-order chi connectivity index (χ1) is 7.42. The van der Waals surface area contributed by atoms with Crippen LogP contribution in [0.1, 0.15) is 13.3 Å². The van der Waals surface area contributed by atoms with Gasteiger partial charge in [0.05, 0.1) is 5.69 Å². The van der Waals surface area contributed by atoms with Gasteiger partial charge < -0.3 is 4.90 Å². The van der Waals surface area contributed by atoms with Gasteiger partial charge in [-0.15, -0.1) is 0 Å². The molecule has 0 saturated carbocycles. The largest absolute Gasteiger partial charge is 0.341 e. The van der Waals surface area contributed by atoms with E-state index in [1.165, 1.54) is 11.4 Å². The van der Waals surface area contributed by atoms with E-state index in [1.807, 2.05) is 24.5 Å². The molecular formula is C12H14N2S. The topological polar surface area (TPSA) is 16.1 Å². The van der Waals surface area contributed by atoms with Gasteiger partial charge in [0.15, 0.2) is 0 Å². The fourth-order valence-corrected chi connectivity index (χ4v) is 2.21. The summed E-state index contributed by atoms with van der Waals surface area (Å²) in [5.74, 6) is 0. The minimum absolute atomic E-state index is 1.04. The molecule has 78 valence electrons. The minimum atomic E-state index is 1.04. The zero-order valence-corrected chi connectivity index (χ0v) is 9.57. The van der Waals surface area contributed by atoms with E-state index in [-0.39, 0.29) is 0 Å². The second kappa shape index (κ2) is 4.94. The Bertz CT molecular complexity index is 383. The molecule has 0 spiro atoms. The highest BCUT2D eigenvalue weighted by Gasteiger charge is 2.07. The zero-order chi connectivity index (χ0) is 10.5. The molecule has 2 rings (SSSR count). The summed E-state index contributed by atoms with van der Waals surface area (Å²) in [6, 6.07) is 6.25. The van der Waals surface area contributed by atoms with Crippen LogP contribution in [0.3, 0.4) is 0 Å². The lowest BCUT2D eigenvalue weighted by Crippen LogP contribution is -2.16. The molecule has 0 aromatic carbocycles. The maximum absolute atomic E-state index is 4.05. The average molecular weight is 218 g/mol. The van der Waals surface area contributed by atoms with E-state index in [0.717, 1.165) is 13.0 Å². The van der Waals surface area contributed by atoms with Crippen molar-refractivity contribution in [3.63, 3.8) is 0 Å². The van der Waals surface area contributed by atoms with E-state index in [9.17, 15) is 0 Å². The quantitative estimate of drug-likeness (QED) is 0.778. The molecule has 0 radical (unpaired) electrons. The summed E-state index contributed by atoms with van der Waals surface area (Å²) >= 11 is 1.73. The Kier molecular flexibility index (Phi) is 3.35. The molecule has 0 aliphatic rings. The van der Waals surface area contributed by atoms with Gasteiger partial charge in [-0.3, -0.25) is 4.98 Å². The molecular weight excluding hydrogens is 204 g/mol. The van der Waals surface area contributed by atoms with Gasteiger partial charge in [0.25, 0.3) is 0 Å². The van der Waals surface area contributed by atoms with Crippen LogP contribution in [0.2, 0.25) is 0 Å². The van der Waals surface area contributed by atoms with Crippen molar-refractivity contribution >= 4 is 22.7 Å². The van der Waals surface area contributed by atoms with Gasteiger partial charge in [-0.2, -0.15) is 11.3 Å². The van der Waals surface area contributed by atoms with E-state index in [4.69, 9.17) is 0 Å². The molecule has 0 fully saturated rings. The summed E-state index contributed by atoms with van der Waals surface area (Å²) in [4.78, 5) is 6.36. The maximum atomic E-state index is 4.05. The van der Waals surface area contributed by atoms with Crippen LogP contribution in [0.25, 0.3) is 0 Å². The number of hydrogen-bond acceptors (Lipinski definition) is 3. The first kappa shape index (κ1) is 10.2. The van der Waals surface area contributed by atoms with Gasteiger partial charge in [-0.1, -0.05) is 6.92 Å². The third-order valence-corrected chi connectivity index (χ3v) is 2.91. The van der Waals surface area contributed by atoms with Gasteiger partial charge >= 0.3 is 0 Å². The lowest BCUT2D eigenvalue weighted by Gasteiger charge is -2.22. The Labute approximate surface area is 94.2 Å². The van der Waals surface area contributed by atoms with E-state index in [1.54, 1.807) is 11.3 Å². The molecule has 0 N–H and O–H groups in total. The summed E-state index contributed by atoms with van der Waals surface area (Å²) in [5.41, 5.74) is 2.48. The van der Waals surface area contributed by atoms with Crippen molar-refractivity contribution in [2.75, 3.05) is 11.4 Å². The predicted molar refractivity (Wildman–Crippen MR) is 65.9 cm³/mol. The molecule has 2 nitrogen and oxygen atoms in total. The number of thiophene rings is 1. The van der Waals surface area contributed by atoms with Crippen LogP contribution in [0.4, 0.5) is 11.4 Å². The molecule has 3 heteroatoms. The van der Waals surface area contributed by atoms with E-state index >= 15 is 0 Å². The summed E-state index contributed by atoms with van der Waals surface area (Å²) in [5, 5.41) is 4.29. The second-order valence-electron chi connectivity index (χ2n) is 3.34. The molecule has 2 heterocycles. The standard InChI is InChI=1S/C12H14N2S/c1-2-8-14(12-5-9-15-10-12)11-3-6-13-7-4-11/h3-7,9-10H,2,8H2,1H3. The lowest BCUT2D eigenvalue weighted by molar-refractivity contribution is 0.886. The lowest BCUT2D eigenvalue weighted by atomic mass is 10.3. The van der Waals surface area contributed by atoms with Gasteiger partial charge in [0.1, 0.15) is 0 Å². The summed E-state index contributed by atoms with van der Waals surface area (Å²) in [7, 11) is 0. The van der Waals surface area contributed by atoms with Crippen molar-refractivity contribution in [3.05, 3.63) is 41.4 Å². The Balaban J connectivity index is 2.28. The SMILES string of the molecule is CCCN(c1ccncc1)c1ccsc1. The summed E-state index contributed by atoms with van der Waals surface area (Å²) < 4.78 is 0. The Morgan fingerprint density at radius 2 is 2.00 bits per heavy atom. The highest BCUT2D eigenvalue weighted by atomic mass is 32.1. The highest BCUT2D eigenvalue weighted by Crippen LogP contribution is 2.26. The summed E-state index contributed by atoms with van der Waals surface area (Å²) in [6.07, 6.45) is 4.81. The smallest absolute Gasteiger partial charge is 0.0519 e. The van der Waals surface area contributed by atoms with Crippen LogP contribution >= 0.6 is 11.3 Å². The molecule has 2 aromatic heterocycles. The fraction of sp³-hybridized carbons (Fsp3) is 0.250. The monoisotopic (exact) mass is 218 g/mol. The number of hydrogen-bond donors (Lipinski definition) is 0. The molecule has 0 atom stereocenters. The van der Waals surface area contributed by atoms with Crippen LogP contribution in [0, 0.1) is 0 Å². The number of aromatic nitrogens is 1. The van der Waals surface area contributed by atoms with Crippen molar-refractivity contribution in [2.24, 2.45) is 0 Å². The average Bonchev–Trinajstić information content (AvgIpc) is 2.80. The van der Waals surface area contributed by atoms with Crippen molar-refractivity contribution in [3.8, 4) is 0 Å². The van der Waals surface area contributed by atoms with Crippen molar-refractivity contribution in [2.45, 2.75) is 13.3 Å². The molecule has 0 aliphatic carbocycles. The van der Waals surface area contributed by atoms with E-state index < -0.39 is 0 Å². The van der Waals surface area contributed by atoms with Crippen LogP contribution < -0.4 is 4.90 Å². The number of pyridine rings is 1. The molecule has 2 aromatic rings. The van der Waals surface area contributed by atoms with Crippen molar-refractivity contribution in [1.29, 1.82) is 0 Å². The van der Waals surface area contributed by atoms with Crippen LogP contribution in [-0.4, -0.2) is 11.5 Å². The van der Waals surface area contributed by atoms with Crippen LogP contribution in [0.15, 0.2) is 41.4 Å². The molecule has 0 unspecified atom stereocenters. The first-order valence-corrected chi connectivity index (χ1v) is 6.06. The fourth-order valence-electron chi connectivity index (χ4n) is 1.57. The van der Waals surface area contributed by atoms with E-state index in [2.05, 4.69) is 33.6 Å². The summed E-state index contributed by atoms with van der Waals surface area (Å²) in [6.45, 7) is 3.24. The molecule has 0 saturated heterocycles. The Morgan fingerprint density at radius 3 is 2.60 bits per heavy atom. The number of rotatable bonds is 4. The molecule has 15 heavy (non-hydrogen) atoms. The van der Waals surface area contributed by atoms with Gasteiger partial charge in [0, 0.05) is 30.0 Å². The Morgan fingerprint density at radius 1 is 1.20 bits per heavy atom. The molecule has 0 bridgehead atoms. The Hall–Kier alpha value is -1.35. The van der Waals surface area contributed by atoms with Crippen LogP contribution in [0.5, 0.6) is 0 Å². The third-order valence-electron chi connectivity index (χ3n) is 2.24. The highest BCUT2D eigenvalue weighted by molar-refractivity contribution is 7.08. The van der Waals surface area contributed by atoms with Crippen molar-refractivity contribution in [1.82, 2.24) is 4.98 Å². The van der Waals surface area contributed by atoms with E-state index in [0.29, 0.717) is 0 Å². The zero-order valence-electron chi connectivity index (χ0n) is 8.76. The first-order valence-electron chi connectivity index (χ1n) is 5.11. The number of anilines is 2. The van der Waals surface area contributed by atoms with Crippen molar-refractivity contribution < 1.29 is 0 Å². The second-order valence-corrected chi connectivity index (χ2v) is 4.12. The molecule has 0 amide bonds. The predicted octanol–water partition coefficient (Wildman–Crippen LogP) is 3.69. The van der Waals surface area contributed by atoms with Gasteiger partial charge in [-0.05, 0) is 30.0 Å². The maximum Gasteiger partial charge on any atom is 0.0519 e. The van der Waals surface area contributed by atoms with Crippen LogP contribution in [-0.2, 0) is 0 Å². The minimum Gasteiger partial charge on any atom is -0.341 e. The normalized spacial score (nSPS) is 10.2. The third kappa shape index (κ3) is 2.36. The van der Waals surface area contributed by atoms with Gasteiger partial charge in [0.2, 0.25) is 0 Å².